The fraction of sp³-hybridized carbons (Fsp3) is 0.222. The lowest BCUT2D eigenvalue weighted by Gasteiger charge is -2.21. The Balaban J connectivity index is 2.08. The fourth-order valence-corrected chi connectivity index (χ4v) is 2.56. The highest BCUT2D eigenvalue weighted by atomic mass is 16.5. The number of methoxy groups -OCH3 is 1. The van der Waals surface area contributed by atoms with E-state index in [4.69, 9.17) is 15.6 Å². The van der Waals surface area contributed by atoms with Gasteiger partial charge in [-0.1, -0.05) is 0 Å². The molecule has 1 heterocycles. The van der Waals surface area contributed by atoms with Gasteiger partial charge in [0.1, 0.15) is 11.6 Å². The first-order valence-electron chi connectivity index (χ1n) is 7.92. The van der Waals surface area contributed by atoms with Crippen LogP contribution in [0.2, 0.25) is 0 Å². The summed E-state index contributed by atoms with van der Waals surface area (Å²) in [6, 6.07) is 13.2. The Bertz CT molecular complexity index is 867. The number of nitrogens with one attached hydrogen (secondary N) is 1. The second-order valence-corrected chi connectivity index (χ2v) is 5.55. The lowest BCUT2D eigenvalue weighted by Crippen LogP contribution is -2.15. The second kappa shape index (κ2) is 7.23. The summed E-state index contributed by atoms with van der Waals surface area (Å²) in [7, 11) is 3.57. The summed E-state index contributed by atoms with van der Waals surface area (Å²) < 4.78 is 5.21. The smallest absolute Gasteiger partial charge is 0.225 e. The molecule has 2 aromatic carbocycles. The molecule has 0 radical (unpaired) electrons. The molecule has 1 aromatic heterocycles. The molecule has 25 heavy (non-hydrogen) atoms. The Morgan fingerprint density at radius 3 is 2.60 bits per heavy atom. The van der Waals surface area contributed by atoms with Crippen LogP contribution in [0.15, 0.2) is 42.5 Å². The van der Waals surface area contributed by atoms with Gasteiger partial charge in [-0.2, -0.15) is 4.98 Å². The van der Waals surface area contributed by atoms with E-state index in [1.54, 1.807) is 7.11 Å². The van der Waals surface area contributed by atoms with Gasteiger partial charge in [0, 0.05) is 30.4 Å². The zero-order valence-electron chi connectivity index (χ0n) is 14.2. The summed E-state index contributed by atoms with van der Waals surface area (Å²) in [5, 5.41) is 12.9. The van der Waals surface area contributed by atoms with Crippen LogP contribution in [0.1, 0.15) is 0 Å². The van der Waals surface area contributed by atoms with Crippen molar-refractivity contribution in [2.45, 2.75) is 0 Å². The average molecular weight is 339 g/mol. The van der Waals surface area contributed by atoms with E-state index in [2.05, 4.69) is 15.3 Å². The minimum absolute atomic E-state index is 0.00673. The van der Waals surface area contributed by atoms with Gasteiger partial charge in [-0.25, -0.2) is 4.98 Å². The van der Waals surface area contributed by atoms with Crippen molar-refractivity contribution in [1.82, 2.24) is 9.97 Å². The monoisotopic (exact) mass is 339 g/mol. The number of nitrogens with two attached hydrogens (primary N) is 1. The molecular weight excluding hydrogens is 318 g/mol. The first-order chi connectivity index (χ1) is 12.1. The zero-order chi connectivity index (χ0) is 17.8. The summed E-state index contributed by atoms with van der Waals surface area (Å²) in [6.07, 6.45) is 0. The molecule has 0 unspecified atom stereocenters. The number of benzene rings is 2. The summed E-state index contributed by atoms with van der Waals surface area (Å²) in [5.74, 6) is 1.98. The van der Waals surface area contributed by atoms with Crippen molar-refractivity contribution in [2.24, 2.45) is 0 Å². The van der Waals surface area contributed by atoms with Crippen molar-refractivity contribution in [3.05, 3.63) is 42.5 Å². The van der Waals surface area contributed by atoms with E-state index in [0.29, 0.717) is 18.2 Å². The van der Waals surface area contributed by atoms with E-state index in [9.17, 15) is 0 Å². The van der Waals surface area contributed by atoms with Gasteiger partial charge < -0.3 is 25.8 Å². The third-order valence-corrected chi connectivity index (χ3v) is 3.87. The van der Waals surface area contributed by atoms with Crippen molar-refractivity contribution >= 4 is 34.0 Å². The fourth-order valence-electron chi connectivity index (χ4n) is 2.56. The van der Waals surface area contributed by atoms with Gasteiger partial charge in [0.15, 0.2) is 0 Å². The van der Waals surface area contributed by atoms with Gasteiger partial charge in [0.2, 0.25) is 5.95 Å². The van der Waals surface area contributed by atoms with Gasteiger partial charge in [0.05, 0.1) is 19.2 Å². The van der Waals surface area contributed by atoms with Crippen LogP contribution < -0.4 is 20.7 Å². The molecule has 0 aliphatic carbocycles. The van der Waals surface area contributed by atoms with E-state index in [-0.39, 0.29) is 6.61 Å². The predicted molar refractivity (Wildman–Crippen MR) is 101 cm³/mol. The van der Waals surface area contributed by atoms with Crippen LogP contribution >= 0.6 is 0 Å². The summed E-state index contributed by atoms with van der Waals surface area (Å²) in [4.78, 5) is 11.1. The molecule has 0 fully saturated rings. The number of nitrogen functional groups attached to an aromatic ring is 1. The molecule has 0 saturated heterocycles. The van der Waals surface area contributed by atoms with Crippen LogP contribution in [0.5, 0.6) is 5.75 Å². The first kappa shape index (κ1) is 16.8. The molecule has 0 amide bonds. The number of ether oxygens (including phenoxy) is 1. The van der Waals surface area contributed by atoms with E-state index in [1.807, 2.05) is 54.4 Å². The SMILES string of the molecule is COc1ccc(N(C)c2nc(NCCO)nc3ccc(N)cc23)cc1. The zero-order valence-corrected chi connectivity index (χ0v) is 14.2. The van der Waals surface area contributed by atoms with E-state index in [0.717, 1.165) is 28.2 Å². The number of anilines is 4. The number of rotatable bonds is 6. The topological polar surface area (TPSA) is 96.5 Å². The maximum Gasteiger partial charge on any atom is 0.225 e. The predicted octanol–water partition coefficient (Wildman–Crippen LogP) is 2.39. The maximum atomic E-state index is 9.03. The molecule has 3 aromatic rings. The molecule has 130 valence electrons. The summed E-state index contributed by atoms with van der Waals surface area (Å²) in [5.41, 5.74) is 8.33. The molecular formula is C18H21N5O2. The molecule has 0 atom stereocenters. The molecule has 0 aliphatic heterocycles. The van der Waals surface area contributed by atoms with Crippen molar-refractivity contribution in [3.8, 4) is 5.75 Å². The lowest BCUT2D eigenvalue weighted by molar-refractivity contribution is 0.311. The second-order valence-electron chi connectivity index (χ2n) is 5.55. The van der Waals surface area contributed by atoms with Crippen LogP contribution in [0.25, 0.3) is 10.9 Å². The van der Waals surface area contributed by atoms with Gasteiger partial charge in [-0.3, -0.25) is 0 Å². The number of hydrogen-bond donors (Lipinski definition) is 3. The van der Waals surface area contributed by atoms with Gasteiger partial charge in [0.25, 0.3) is 0 Å². The molecule has 0 aliphatic rings. The van der Waals surface area contributed by atoms with Gasteiger partial charge >= 0.3 is 0 Å². The number of hydrogen-bond acceptors (Lipinski definition) is 7. The average Bonchev–Trinajstić information content (AvgIpc) is 2.65. The van der Waals surface area contributed by atoms with Crippen molar-refractivity contribution in [1.29, 1.82) is 0 Å². The van der Waals surface area contributed by atoms with Crippen LogP contribution in [-0.4, -0.2) is 42.4 Å². The number of aliphatic hydroxyl groups excluding tert-OH is 1. The summed E-state index contributed by atoms with van der Waals surface area (Å²) >= 11 is 0. The first-order valence-corrected chi connectivity index (χ1v) is 7.92. The van der Waals surface area contributed by atoms with E-state index in [1.165, 1.54) is 0 Å². The number of fused-ring (bicyclic) bond motifs is 1. The molecule has 0 bridgehead atoms. The quantitative estimate of drug-likeness (QED) is 0.593. The van der Waals surface area contributed by atoms with E-state index >= 15 is 0 Å². The molecule has 7 nitrogen and oxygen atoms in total. The minimum Gasteiger partial charge on any atom is -0.497 e. The van der Waals surface area contributed by atoms with E-state index < -0.39 is 0 Å². The van der Waals surface area contributed by atoms with Gasteiger partial charge in [-0.05, 0) is 42.5 Å². The molecule has 0 saturated carbocycles. The lowest BCUT2D eigenvalue weighted by atomic mass is 10.2. The van der Waals surface area contributed by atoms with Crippen LogP contribution in [-0.2, 0) is 0 Å². The Hall–Kier alpha value is -3.06. The highest BCUT2D eigenvalue weighted by Gasteiger charge is 2.14. The normalized spacial score (nSPS) is 10.7. The molecule has 7 heteroatoms. The van der Waals surface area contributed by atoms with Crippen molar-refractivity contribution in [2.75, 3.05) is 43.3 Å². The summed E-state index contributed by atoms with van der Waals surface area (Å²) in [6.45, 7) is 0.388. The molecule has 4 N–H and O–H groups in total. The van der Waals surface area contributed by atoms with Crippen molar-refractivity contribution in [3.63, 3.8) is 0 Å². The highest BCUT2D eigenvalue weighted by molar-refractivity contribution is 5.94. The Labute approximate surface area is 146 Å². The molecule has 3 rings (SSSR count). The minimum atomic E-state index is 0.00673. The number of nitrogens with zero attached hydrogens (tertiary/aromatic N) is 3. The maximum absolute atomic E-state index is 9.03. The van der Waals surface area contributed by atoms with Crippen LogP contribution in [0, 0.1) is 0 Å². The third-order valence-electron chi connectivity index (χ3n) is 3.87. The Kier molecular flexibility index (Phi) is 4.85. The van der Waals surface area contributed by atoms with Crippen molar-refractivity contribution < 1.29 is 9.84 Å². The number of aliphatic hydroxyl groups is 1. The van der Waals surface area contributed by atoms with Gasteiger partial charge in [-0.15, -0.1) is 0 Å². The highest BCUT2D eigenvalue weighted by Crippen LogP contribution is 2.31. The third kappa shape index (κ3) is 3.56. The standard InChI is InChI=1S/C18H21N5O2/c1-23(13-4-6-14(25-2)7-5-13)17-15-11-12(19)3-8-16(15)21-18(22-17)20-9-10-24/h3-8,11,24H,9-10,19H2,1-2H3,(H,20,21,22). The largest absolute Gasteiger partial charge is 0.497 e. The van der Waals surface area contributed by atoms with Crippen LogP contribution in [0.4, 0.5) is 23.1 Å². The Morgan fingerprint density at radius 2 is 1.92 bits per heavy atom. The molecule has 0 spiro atoms. The van der Waals surface area contributed by atoms with Crippen LogP contribution in [0.3, 0.4) is 0 Å². The number of aromatic nitrogens is 2. The Morgan fingerprint density at radius 1 is 1.16 bits per heavy atom.